The highest BCUT2D eigenvalue weighted by molar-refractivity contribution is 7.80. The van der Waals surface area contributed by atoms with Crippen LogP contribution in [0.3, 0.4) is 0 Å². The molecule has 162 valence electrons. The molecule has 1 fully saturated rings. The van der Waals surface area contributed by atoms with Crippen LogP contribution < -0.4 is 16.4 Å². The molecule has 4 N–H and O–H groups in total. The van der Waals surface area contributed by atoms with Crippen LogP contribution in [0.5, 0.6) is 0 Å². The minimum Gasteiger partial charge on any atom is -0.466 e. The Bertz CT molecular complexity index is 687. The number of carbonyl (C=O) groups excluding carboxylic acids is 1. The summed E-state index contributed by atoms with van der Waals surface area (Å²) >= 11 is 5.11. The lowest BCUT2D eigenvalue weighted by molar-refractivity contribution is -0.143. The Morgan fingerprint density at radius 2 is 1.90 bits per heavy atom. The van der Waals surface area contributed by atoms with Crippen LogP contribution in [0.4, 0.5) is 11.4 Å². The van der Waals surface area contributed by atoms with Gasteiger partial charge in [0.25, 0.3) is 0 Å². The third kappa shape index (κ3) is 7.18. The highest BCUT2D eigenvalue weighted by atomic mass is 32.1. The van der Waals surface area contributed by atoms with Crippen molar-refractivity contribution in [3.05, 3.63) is 23.8 Å². The lowest BCUT2D eigenvalue weighted by atomic mass is 9.79. The molecule has 0 radical (unpaired) electrons. The maximum atomic E-state index is 11.9. The zero-order valence-corrected chi connectivity index (χ0v) is 19.1. The number of hydrogen-bond acceptors (Lipinski definition) is 4. The van der Waals surface area contributed by atoms with Gasteiger partial charge in [0.1, 0.15) is 0 Å². The normalized spacial score (nSPS) is 16.9. The standard InChI is InChI=1S/C23H37N3O2S/c1-5-28-21(27)13-16(4)18-11-12-19(20(14-18)26-23(24)29)25-22(15(2)3)17-9-7-6-8-10-17/h11-12,14-17,22,25H,5-10,13H2,1-4H3,(H3,24,26,29)/t16-,22-/m1/s1. The number of ether oxygens (including phenoxy) is 1. The van der Waals surface area contributed by atoms with Gasteiger partial charge in [-0.1, -0.05) is 46.1 Å². The second kappa shape index (κ2) is 11.4. The summed E-state index contributed by atoms with van der Waals surface area (Å²) in [5, 5.41) is 7.14. The molecule has 2 atom stereocenters. The zero-order chi connectivity index (χ0) is 21.4. The molecule has 1 aliphatic rings. The third-order valence-corrected chi connectivity index (χ3v) is 5.95. The number of nitrogens with one attached hydrogen (secondary N) is 2. The van der Waals surface area contributed by atoms with Crippen molar-refractivity contribution in [2.24, 2.45) is 17.6 Å². The van der Waals surface area contributed by atoms with Crippen LogP contribution in [0.25, 0.3) is 0 Å². The molecule has 0 heterocycles. The summed E-state index contributed by atoms with van der Waals surface area (Å²) in [5.41, 5.74) is 8.72. The van der Waals surface area contributed by atoms with E-state index in [1.54, 1.807) is 0 Å². The number of hydrogen-bond donors (Lipinski definition) is 3. The first-order valence-corrected chi connectivity index (χ1v) is 11.3. The van der Waals surface area contributed by atoms with Gasteiger partial charge >= 0.3 is 5.97 Å². The molecule has 0 aromatic heterocycles. The fourth-order valence-electron chi connectivity index (χ4n) is 4.32. The average molecular weight is 420 g/mol. The SMILES string of the molecule is CCOC(=O)C[C@@H](C)c1ccc(N[C@H](C(C)C)C2CCCCC2)c(NC(N)=S)c1. The van der Waals surface area contributed by atoms with Gasteiger partial charge in [0.05, 0.1) is 24.4 Å². The van der Waals surface area contributed by atoms with Crippen molar-refractivity contribution in [3.8, 4) is 0 Å². The third-order valence-electron chi connectivity index (χ3n) is 5.85. The van der Waals surface area contributed by atoms with Gasteiger partial charge in [-0.05, 0) is 67.4 Å². The van der Waals surface area contributed by atoms with Gasteiger partial charge in [-0.25, -0.2) is 0 Å². The number of carbonyl (C=O) groups is 1. The van der Waals surface area contributed by atoms with Gasteiger partial charge in [-0.15, -0.1) is 0 Å². The summed E-state index contributed by atoms with van der Waals surface area (Å²) in [6.07, 6.45) is 6.90. The summed E-state index contributed by atoms with van der Waals surface area (Å²) in [4.78, 5) is 11.9. The Morgan fingerprint density at radius 1 is 1.21 bits per heavy atom. The van der Waals surface area contributed by atoms with Gasteiger partial charge in [0.15, 0.2) is 5.11 Å². The molecule has 29 heavy (non-hydrogen) atoms. The molecule has 0 saturated heterocycles. The number of nitrogens with two attached hydrogens (primary N) is 1. The lowest BCUT2D eigenvalue weighted by Crippen LogP contribution is -2.35. The summed E-state index contributed by atoms with van der Waals surface area (Å²) in [7, 11) is 0. The van der Waals surface area contributed by atoms with E-state index in [0.29, 0.717) is 30.9 Å². The van der Waals surface area contributed by atoms with E-state index in [4.69, 9.17) is 22.7 Å². The van der Waals surface area contributed by atoms with E-state index < -0.39 is 0 Å². The maximum absolute atomic E-state index is 11.9. The molecule has 5 nitrogen and oxygen atoms in total. The minimum absolute atomic E-state index is 0.0502. The predicted octanol–water partition coefficient (Wildman–Crippen LogP) is 5.42. The largest absolute Gasteiger partial charge is 0.466 e. The minimum atomic E-state index is -0.178. The number of benzene rings is 1. The van der Waals surface area contributed by atoms with Crippen LogP contribution in [0.2, 0.25) is 0 Å². The number of thiocarbonyl (C=S) groups is 1. The first kappa shape index (κ1) is 23.5. The quantitative estimate of drug-likeness (QED) is 0.367. The monoisotopic (exact) mass is 419 g/mol. The van der Waals surface area contributed by atoms with Crippen molar-refractivity contribution < 1.29 is 9.53 Å². The van der Waals surface area contributed by atoms with Gasteiger partial charge in [-0.2, -0.15) is 0 Å². The van der Waals surface area contributed by atoms with Crippen LogP contribution in [0.1, 0.15) is 77.7 Å². The molecule has 1 aliphatic carbocycles. The molecule has 1 saturated carbocycles. The van der Waals surface area contributed by atoms with Crippen molar-refractivity contribution in [3.63, 3.8) is 0 Å². The fraction of sp³-hybridized carbons (Fsp3) is 0.652. The van der Waals surface area contributed by atoms with Crippen molar-refractivity contribution in [1.29, 1.82) is 0 Å². The summed E-state index contributed by atoms with van der Waals surface area (Å²) in [5.74, 6) is 1.08. The lowest BCUT2D eigenvalue weighted by Gasteiger charge is -2.35. The van der Waals surface area contributed by atoms with Crippen molar-refractivity contribution in [2.45, 2.75) is 78.2 Å². The molecule has 2 rings (SSSR count). The number of rotatable bonds is 9. The molecule has 0 unspecified atom stereocenters. The fourth-order valence-corrected chi connectivity index (χ4v) is 4.43. The van der Waals surface area contributed by atoms with Crippen molar-refractivity contribution >= 4 is 34.7 Å². The molecule has 1 aromatic rings. The number of esters is 1. The average Bonchev–Trinajstić information content (AvgIpc) is 2.67. The zero-order valence-electron chi connectivity index (χ0n) is 18.3. The second-order valence-electron chi connectivity index (χ2n) is 8.52. The van der Waals surface area contributed by atoms with E-state index in [1.807, 2.05) is 19.9 Å². The predicted molar refractivity (Wildman–Crippen MR) is 125 cm³/mol. The van der Waals surface area contributed by atoms with E-state index in [1.165, 1.54) is 32.1 Å². The topological polar surface area (TPSA) is 76.4 Å². The second-order valence-corrected chi connectivity index (χ2v) is 8.96. The van der Waals surface area contributed by atoms with E-state index in [2.05, 4.69) is 36.6 Å². The Kier molecular flexibility index (Phi) is 9.21. The highest BCUT2D eigenvalue weighted by Gasteiger charge is 2.27. The molecule has 0 aliphatic heterocycles. The van der Waals surface area contributed by atoms with E-state index in [0.717, 1.165) is 16.9 Å². The Balaban J connectivity index is 2.23. The van der Waals surface area contributed by atoms with E-state index in [9.17, 15) is 4.79 Å². The van der Waals surface area contributed by atoms with Gasteiger partial charge in [0.2, 0.25) is 0 Å². The first-order valence-electron chi connectivity index (χ1n) is 10.9. The van der Waals surface area contributed by atoms with E-state index >= 15 is 0 Å². The molecule has 0 bridgehead atoms. The Morgan fingerprint density at radius 3 is 2.48 bits per heavy atom. The maximum Gasteiger partial charge on any atom is 0.306 e. The first-order chi connectivity index (χ1) is 13.8. The highest BCUT2D eigenvalue weighted by Crippen LogP contribution is 2.35. The van der Waals surface area contributed by atoms with Gasteiger partial charge < -0.3 is 21.1 Å². The van der Waals surface area contributed by atoms with Crippen LogP contribution in [0.15, 0.2) is 18.2 Å². The molecular weight excluding hydrogens is 382 g/mol. The molecule has 1 aromatic carbocycles. The van der Waals surface area contributed by atoms with Crippen LogP contribution in [-0.2, 0) is 9.53 Å². The van der Waals surface area contributed by atoms with Gasteiger partial charge in [-0.3, -0.25) is 4.79 Å². The summed E-state index contributed by atoms with van der Waals surface area (Å²) in [6, 6.07) is 6.61. The summed E-state index contributed by atoms with van der Waals surface area (Å²) in [6.45, 7) is 8.82. The van der Waals surface area contributed by atoms with Crippen molar-refractivity contribution in [2.75, 3.05) is 17.2 Å². The summed E-state index contributed by atoms with van der Waals surface area (Å²) < 4.78 is 5.09. The van der Waals surface area contributed by atoms with Gasteiger partial charge in [0, 0.05) is 6.04 Å². The van der Waals surface area contributed by atoms with Crippen molar-refractivity contribution in [1.82, 2.24) is 0 Å². The Hall–Kier alpha value is -1.82. The Labute approximate surface area is 181 Å². The number of anilines is 2. The van der Waals surface area contributed by atoms with Crippen LogP contribution in [0, 0.1) is 11.8 Å². The molecule has 6 heteroatoms. The van der Waals surface area contributed by atoms with Crippen LogP contribution >= 0.6 is 12.2 Å². The molecule has 0 spiro atoms. The smallest absolute Gasteiger partial charge is 0.306 e. The van der Waals surface area contributed by atoms with E-state index in [-0.39, 0.29) is 17.0 Å². The molecule has 0 amide bonds. The molecular formula is C23H37N3O2S. The van der Waals surface area contributed by atoms with Crippen LogP contribution in [-0.4, -0.2) is 23.7 Å².